The van der Waals surface area contributed by atoms with Crippen LogP contribution in [0.5, 0.6) is 0 Å². The van der Waals surface area contributed by atoms with Crippen molar-refractivity contribution >= 4 is 5.91 Å². The van der Waals surface area contributed by atoms with Crippen molar-refractivity contribution in [3.63, 3.8) is 0 Å². The normalized spacial score (nSPS) is 18.4. The molecule has 0 bridgehead atoms. The molecule has 1 rings (SSSR count). The Morgan fingerprint density at radius 3 is 2.32 bits per heavy atom. The van der Waals surface area contributed by atoms with E-state index in [4.69, 9.17) is 0 Å². The van der Waals surface area contributed by atoms with Gasteiger partial charge in [0, 0.05) is 39.3 Å². The maximum atomic E-state index is 12.3. The van der Waals surface area contributed by atoms with E-state index in [2.05, 4.69) is 36.3 Å². The fourth-order valence-corrected chi connectivity index (χ4v) is 2.18. The van der Waals surface area contributed by atoms with Gasteiger partial charge in [-0.1, -0.05) is 20.8 Å². The summed E-state index contributed by atoms with van der Waals surface area (Å²) in [6, 6.07) is 0. The largest absolute Gasteiger partial charge is 0.355 e. The maximum absolute atomic E-state index is 12.3. The molecule has 0 aromatic heterocycles. The molecule has 0 aliphatic carbocycles. The molecule has 1 amide bonds. The predicted octanol–water partition coefficient (Wildman–Crippen LogP) is 1.47. The number of carbonyl (C=O) groups is 1. The third kappa shape index (κ3) is 5.49. The van der Waals surface area contributed by atoms with Crippen LogP contribution < -0.4 is 10.6 Å². The van der Waals surface area contributed by atoms with E-state index in [-0.39, 0.29) is 16.7 Å². The van der Waals surface area contributed by atoms with Crippen LogP contribution in [-0.2, 0) is 4.79 Å². The van der Waals surface area contributed by atoms with Crippen molar-refractivity contribution in [3.8, 4) is 0 Å². The lowest BCUT2D eigenvalue weighted by atomic mass is 9.88. The quantitative estimate of drug-likeness (QED) is 0.767. The van der Waals surface area contributed by atoms with E-state index >= 15 is 0 Å². The minimum absolute atomic E-state index is 0.174. The molecule has 2 N–H and O–H groups in total. The van der Waals surface area contributed by atoms with Gasteiger partial charge in [0.1, 0.15) is 0 Å². The number of hydrogen-bond donors (Lipinski definition) is 2. The number of nitrogens with one attached hydrogen (secondary N) is 2. The molecule has 19 heavy (non-hydrogen) atoms. The highest BCUT2D eigenvalue weighted by atomic mass is 16.2. The number of amides is 1. The van der Waals surface area contributed by atoms with E-state index in [1.807, 2.05) is 13.8 Å². The summed E-state index contributed by atoms with van der Waals surface area (Å²) in [4.78, 5) is 14.7. The molecule has 1 saturated heterocycles. The average molecular weight is 269 g/mol. The zero-order valence-electron chi connectivity index (χ0n) is 13.3. The highest BCUT2D eigenvalue weighted by Crippen LogP contribution is 2.21. The third-order valence-electron chi connectivity index (χ3n) is 4.13. The zero-order valence-corrected chi connectivity index (χ0v) is 13.3. The molecule has 0 aromatic rings. The van der Waals surface area contributed by atoms with Crippen LogP contribution in [0, 0.1) is 10.8 Å². The lowest BCUT2D eigenvalue weighted by Gasteiger charge is -2.35. The Kier molecular flexibility index (Phi) is 5.81. The minimum Gasteiger partial charge on any atom is -0.355 e. The van der Waals surface area contributed by atoms with E-state index in [1.165, 1.54) is 0 Å². The number of hydrogen-bond acceptors (Lipinski definition) is 3. The molecule has 0 atom stereocenters. The summed E-state index contributed by atoms with van der Waals surface area (Å²) in [5, 5.41) is 6.46. The monoisotopic (exact) mass is 269 g/mol. The highest BCUT2D eigenvalue weighted by molar-refractivity contribution is 5.82. The Balaban J connectivity index is 2.44. The molecule has 0 aromatic carbocycles. The van der Waals surface area contributed by atoms with Gasteiger partial charge in [0.2, 0.25) is 5.91 Å². The Labute approximate surface area is 118 Å². The Hall–Kier alpha value is -0.610. The maximum Gasteiger partial charge on any atom is 0.226 e. The molecule has 112 valence electrons. The van der Waals surface area contributed by atoms with E-state index in [9.17, 15) is 4.79 Å². The first-order chi connectivity index (χ1) is 8.77. The van der Waals surface area contributed by atoms with Gasteiger partial charge in [0.05, 0.1) is 5.41 Å². The van der Waals surface area contributed by atoms with Crippen molar-refractivity contribution < 1.29 is 4.79 Å². The second-order valence-electron chi connectivity index (χ2n) is 7.11. The zero-order chi connectivity index (χ0) is 14.5. The fraction of sp³-hybridized carbons (Fsp3) is 0.933. The van der Waals surface area contributed by atoms with E-state index in [1.54, 1.807) is 0 Å². The summed E-state index contributed by atoms with van der Waals surface area (Å²) >= 11 is 0. The predicted molar refractivity (Wildman–Crippen MR) is 80.2 cm³/mol. The molecule has 4 heteroatoms. The second kappa shape index (κ2) is 6.71. The SMILES string of the molecule is CCC(C)(C)CNC(=O)C(C)(C)CN1CCNCC1. The van der Waals surface area contributed by atoms with Gasteiger partial charge in [-0.05, 0) is 25.7 Å². The van der Waals surface area contributed by atoms with Crippen molar-refractivity contribution in [1.29, 1.82) is 0 Å². The van der Waals surface area contributed by atoms with Gasteiger partial charge in [0.15, 0.2) is 0 Å². The smallest absolute Gasteiger partial charge is 0.226 e. The third-order valence-corrected chi connectivity index (χ3v) is 4.13. The molecule has 0 spiro atoms. The van der Waals surface area contributed by atoms with Gasteiger partial charge < -0.3 is 10.6 Å². The van der Waals surface area contributed by atoms with Gasteiger partial charge in [-0.2, -0.15) is 0 Å². The minimum atomic E-state index is -0.318. The van der Waals surface area contributed by atoms with E-state index < -0.39 is 0 Å². The number of rotatable bonds is 6. The molecular weight excluding hydrogens is 238 g/mol. The van der Waals surface area contributed by atoms with Gasteiger partial charge in [-0.3, -0.25) is 9.69 Å². The summed E-state index contributed by atoms with van der Waals surface area (Å²) in [7, 11) is 0. The van der Waals surface area contributed by atoms with Gasteiger partial charge in [0.25, 0.3) is 0 Å². The van der Waals surface area contributed by atoms with Crippen LogP contribution in [0.3, 0.4) is 0 Å². The van der Waals surface area contributed by atoms with Crippen molar-refractivity contribution in [1.82, 2.24) is 15.5 Å². The summed E-state index contributed by atoms with van der Waals surface area (Å²) in [6.07, 6.45) is 1.07. The lowest BCUT2D eigenvalue weighted by molar-refractivity contribution is -0.130. The molecular formula is C15H31N3O. The van der Waals surface area contributed by atoms with Crippen molar-refractivity contribution in [3.05, 3.63) is 0 Å². The standard InChI is InChI=1S/C15H31N3O/c1-6-14(2,3)11-17-13(19)15(4,5)12-18-9-7-16-8-10-18/h16H,6-12H2,1-5H3,(H,17,19). The fourth-order valence-electron chi connectivity index (χ4n) is 2.18. The van der Waals surface area contributed by atoms with Crippen LogP contribution in [0.2, 0.25) is 0 Å². The van der Waals surface area contributed by atoms with E-state index in [0.29, 0.717) is 0 Å². The van der Waals surface area contributed by atoms with Crippen molar-refractivity contribution in [2.24, 2.45) is 10.8 Å². The molecule has 1 fully saturated rings. The van der Waals surface area contributed by atoms with Crippen LogP contribution in [0.4, 0.5) is 0 Å². The summed E-state index contributed by atoms with van der Waals surface area (Å²) in [5.74, 6) is 0.174. The Morgan fingerprint density at radius 2 is 1.79 bits per heavy atom. The van der Waals surface area contributed by atoms with Crippen LogP contribution >= 0.6 is 0 Å². The first kappa shape index (κ1) is 16.4. The van der Waals surface area contributed by atoms with Crippen molar-refractivity contribution in [2.75, 3.05) is 39.3 Å². The first-order valence-electron chi connectivity index (χ1n) is 7.48. The van der Waals surface area contributed by atoms with Crippen LogP contribution in [0.25, 0.3) is 0 Å². The van der Waals surface area contributed by atoms with Gasteiger partial charge in [-0.25, -0.2) is 0 Å². The summed E-state index contributed by atoms with van der Waals surface area (Å²) < 4.78 is 0. The molecule has 0 saturated carbocycles. The van der Waals surface area contributed by atoms with Crippen molar-refractivity contribution in [2.45, 2.75) is 41.0 Å². The summed E-state index contributed by atoms with van der Waals surface area (Å²) in [6.45, 7) is 16.4. The molecule has 0 unspecified atom stereocenters. The first-order valence-corrected chi connectivity index (χ1v) is 7.48. The van der Waals surface area contributed by atoms with Gasteiger partial charge in [-0.15, -0.1) is 0 Å². The van der Waals surface area contributed by atoms with E-state index in [0.717, 1.165) is 45.7 Å². The number of piperazine rings is 1. The highest BCUT2D eigenvalue weighted by Gasteiger charge is 2.31. The van der Waals surface area contributed by atoms with Crippen LogP contribution in [0.1, 0.15) is 41.0 Å². The summed E-state index contributed by atoms with van der Waals surface area (Å²) in [5.41, 5.74) is -0.137. The number of nitrogens with zero attached hydrogens (tertiary/aromatic N) is 1. The number of carbonyl (C=O) groups excluding carboxylic acids is 1. The van der Waals surface area contributed by atoms with Crippen LogP contribution in [-0.4, -0.2) is 50.1 Å². The molecule has 0 radical (unpaired) electrons. The Bertz CT molecular complexity index is 294. The topological polar surface area (TPSA) is 44.4 Å². The molecule has 1 heterocycles. The van der Waals surface area contributed by atoms with Crippen LogP contribution in [0.15, 0.2) is 0 Å². The molecule has 1 aliphatic rings. The molecule has 4 nitrogen and oxygen atoms in total. The lowest BCUT2D eigenvalue weighted by Crippen LogP contribution is -2.51. The average Bonchev–Trinajstić information content (AvgIpc) is 2.36. The second-order valence-corrected chi connectivity index (χ2v) is 7.11. The molecule has 1 aliphatic heterocycles. The van der Waals surface area contributed by atoms with Gasteiger partial charge >= 0.3 is 0 Å². The Morgan fingerprint density at radius 1 is 1.21 bits per heavy atom.